The minimum absolute atomic E-state index is 0.0848. The number of ether oxygens (including phenoxy) is 1. The van der Waals surface area contributed by atoms with Crippen molar-refractivity contribution >= 4 is 17.5 Å². The number of hydrogen-bond acceptors (Lipinski definition) is 5. The summed E-state index contributed by atoms with van der Waals surface area (Å²) in [5.74, 6) is 0.0899. The quantitative estimate of drug-likeness (QED) is 0.783. The molecule has 2 aromatic rings. The van der Waals surface area contributed by atoms with Crippen LogP contribution in [0.4, 0.5) is 5.69 Å². The monoisotopic (exact) mass is 363 g/mol. The summed E-state index contributed by atoms with van der Waals surface area (Å²) in [6.07, 6.45) is 1.01. The number of rotatable bonds is 3. The van der Waals surface area contributed by atoms with Gasteiger partial charge in [-0.2, -0.15) is 0 Å². The number of hydrogen-bond donors (Lipinski definition) is 0. The number of amides is 2. The molecule has 3 aliphatic heterocycles. The van der Waals surface area contributed by atoms with Gasteiger partial charge in [0.05, 0.1) is 24.8 Å². The van der Waals surface area contributed by atoms with E-state index in [1.54, 1.807) is 31.4 Å². The van der Waals surface area contributed by atoms with Crippen LogP contribution in [-0.4, -0.2) is 48.1 Å². The zero-order chi connectivity index (χ0) is 18.5. The Morgan fingerprint density at radius 1 is 0.852 bits per heavy atom. The number of benzene rings is 2. The van der Waals surface area contributed by atoms with Crippen LogP contribution in [0, 0.1) is 5.92 Å². The Labute approximate surface area is 157 Å². The lowest BCUT2D eigenvalue weighted by atomic mass is 9.90. The molecule has 3 saturated heterocycles. The zero-order valence-corrected chi connectivity index (χ0v) is 15.1. The number of carbonyl (C=O) groups is 2. The molecule has 3 fully saturated rings. The first-order chi connectivity index (χ1) is 13.2. The standard InChI is InChI=1S/C21H21N3O3/c1-27-16-10-8-15(9-11-16)24-20(25)17-18(14-6-3-2-4-7-14)22-12-5-13-23(22)19(17)21(24)26/h2-4,6-11,17-19H,5,12-13H2,1H3. The van der Waals surface area contributed by atoms with E-state index in [9.17, 15) is 9.59 Å². The molecule has 3 unspecified atom stereocenters. The number of nitrogens with zero attached hydrogens (tertiary/aromatic N) is 3. The fourth-order valence-corrected chi connectivity index (χ4v) is 4.75. The summed E-state index contributed by atoms with van der Waals surface area (Å²) in [5, 5.41) is 4.35. The summed E-state index contributed by atoms with van der Waals surface area (Å²) < 4.78 is 5.19. The third kappa shape index (κ3) is 2.33. The molecule has 0 radical (unpaired) electrons. The number of hydrazine groups is 1. The van der Waals surface area contributed by atoms with Crippen LogP contribution in [0.3, 0.4) is 0 Å². The normalized spacial score (nSPS) is 27.9. The Kier molecular flexibility index (Phi) is 3.77. The van der Waals surface area contributed by atoms with Gasteiger partial charge in [-0.1, -0.05) is 30.3 Å². The predicted molar refractivity (Wildman–Crippen MR) is 100.0 cm³/mol. The molecule has 2 aromatic carbocycles. The van der Waals surface area contributed by atoms with Crippen molar-refractivity contribution in [2.45, 2.75) is 18.5 Å². The van der Waals surface area contributed by atoms with E-state index in [1.807, 2.05) is 18.2 Å². The van der Waals surface area contributed by atoms with Gasteiger partial charge in [0.15, 0.2) is 0 Å². The highest BCUT2D eigenvalue weighted by molar-refractivity contribution is 6.24. The van der Waals surface area contributed by atoms with Crippen LogP contribution < -0.4 is 9.64 Å². The smallest absolute Gasteiger partial charge is 0.253 e. The van der Waals surface area contributed by atoms with Crippen molar-refractivity contribution in [1.29, 1.82) is 0 Å². The molecule has 3 aliphatic rings. The van der Waals surface area contributed by atoms with Gasteiger partial charge >= 0.3 is 0 Å². The van der Waals surface area contributed by atoms with Crippen LogP contribution in [-0.2, 0) is 9.59 Å². The summed E-state index contributed by atoms with van der Waals surface area (Å²) in [7, 11) is 1.60. The summed E-state index contributed by atoms with van der Waals surface area (Å²) in [6, 6.07) is 16.7. The summed E-state index contributed by atoms with van der Waals surface area (Å²) in [5.41, 5.74) is 1.70. The highest BCUT2D eigenvalue weighted by atomic mass is 16.5. The zero-order valence-electron chi connectivity index (χ0n) is 15.1. The fourth-order valence-electron chi connectivity index (χ4n) is 4.75. The molecular formula is C21H21N3O3. The van der Waals surface area contributed by atoms with Crippen LogP contribution in [0.1, 0.15) is 18.0 Å². The Balaban J connectivity index is 1.55. The highest BCUT2D eigenvalue weighted by Crippen LogP contribution is 2.48. The van der Waals surface area contributed by atoms with Gasteiger partial charge in [0, 0.05) is 13.1 Å². The SMILES string of the molecule is COc1ccc(N2C(=O)C3C(C2=O)N2CCCN2C3c2ccccc2)cc1. The Morgan fingerprint density at radius 2 is 1.52 bits per heavy atom. The largest absolute Gasteiger partial charge is 0.497 e. The highest BCUT2D eigenvalue weighted by Gasteiger charge is 2.62. The third-order valence-corrected chi connectivity index (χ3v) is 5.88. The topological polar surface area (TPSA) is 53.1 Å². The van der Waals surface area contributed by atoms with Gasteiger partial charge in [0.25, 0.3) is 5.91 Å². The molecule has 3 heterocycles. The maximum absolute atomic E-state index is 13.4. The van der Waals surface area contributed by atoms with Crippen molar-refractivity contribution in [3.63, 3.8) is 0 Å². The van der Waals surface area contributed by atoms with E-state index in [2.05, 4.69) is 22.2 Å². The lowest BCUT2D eigenvalue weighted by molar-refractivity contribution is -0.126. The molecule has 0 bridgehead atoms. The van der Waals surface area contributed by atoms with Gasteiger partial charge in [0.2, 0.25) is 5.91 Å². The van der Waals surface area contributed by atoms with E-state index in [-0.39, 0.29) is 23.8 Å². The van der Waals surface area contributed by atoms with Crippen molar-refractivity contribution < 1.29 is 14.3 Å². The van der Waals surface area contributed by atoms with Gasteiger partial charge in [-0.15, -0.1) is 0 Å². The van der Waals surface area contributed by atoms with Crippen LogP contribution in [0.2, 0.25) is 0 Å². The van der Waals surface area contributed by atoms with Crippen molar-refractivity contribution in [2.24, 2.45) is 5.92 Å². The molecule has 27 heavy (non-hydrogen) atoms. The van der Waals surface area contributed by atoms with Gasteiger partial charge in [0.1, 0.15) is 11.8 Å². The summed E-state index contributed by atoms with van der Waals surface area (Å²) >= 11 is 0. The molecule has 3 atom stereocenters. The number of methoxy groups -OCH3 is 1. The van der Waals surface area contributed by atoms with Crippen molar-refractivity contribution in [2.75, 3.05) is 25.1 Å². The lowest BCUT2D eigenvalue weighted by Gasteiger charge is -2.29. The van der Waals surface area contributed by atoms with Crippen molar-refractivity contribution in [3.8, 4) is 5.75 Å². The van der Waals surface area contributed by atoms with Gasteiger partial charge in [-0.3, -0.25) is 9.59 Å². The average molecular weight is 363 g/mol. The molecule has 6 nitrogen and oxygen atoms in total. The second-order valence-corrected chi connectivity index (χ2v) is 7.22. The molecule has 138 valence electrons. The number of fused-ring (bicyclic) bond motifs is 3. The number of carbonyl (C=O) groups excluding carboxylic acids is 2. The van der Waals surface area contributed by atoms with Gasteiger partial charge < -0.3 is 4.74 Å². The van der Waals surface area contributed by atoms with Gasteiger partial charge in [-0.25, -0.2) is 14.9 Å². The second kappa shape index (κ2) is 6.18. The number of anilines is 1. The van der Waals surface area contributed by atoms with Gasteiger partial charge in [-0.05, 0) is 36.2 Å². The second-order valence-electron chi connectivity index (χ2n) is 7.22. The van der Waals surface area contributed by atoms with Crippen molar-refractivity contribution in [3.05, 3.63) is 60.2 Å². The van der Waals surface area contributed by atoms with Crippen molar-refractivity contribution in [1.82, 2.24) is 10.0 Å². The Bertz CT molecular complexity index is 883. The fraction of sp³-hybridized carbons (Fsp3) is 0.333. The Morgan fingerprint density at radius 3 is 2.19 bits per heavy atom. The van der Waals surface area contributed by atoms with E-state index in [0.717, 1.165) is 25.1 Å². The number of imide groups is 1. The molecule has 2 amide bonds. The minimum atomic E-state index is -0.410. The molecule has 0 aliphatic carbocycles. The maximum Gasteiger partial charge on any atom is 0.253 e. The van der Waals surface area contributed by atoms with E-state index in [4.69, 9.17) is 4.74 Å². The molecule has 0 spiro atoms. The first-order valence-corrected chi connectivity index (χ1v) is 9.31. The molecular weight excluding hydrogens is 342 g/mol. The maximum atomic E-state index is 13.4. The van der Waals surface area contributed by atoms with Crippen LogP contribution >= 0.6 is 0 Å². The minimum Gasteiger partial charge on any atom is -0.497 e. The predicted octanol–water partition coefficient (Wildman–Crippen LogP) is 2.23. The first-order valence-electron chi connectivity index (χ1n) is 9.31. The Hall–Kier alpha value is -2.70. The summed E-state index contributed by atoms with van der Waals surface area (Å²) in [6.45, 7) is 1.70. The molecule has 0 N–H and O–H groups in total. The van der Waals surface area contributed by atoms with E-state index in [1.165, 1.54) is 4.90 Å². The summed E-state index contributed by atoms with van der Waals surface area (Å²) in [4.78, 5) is 28.0. The molecule has 0 saturated carbocycles. The van der Waals surface area contributed by atoms with Crippen LogP contribution in [0.15, 0.2) is 54.6 Å². The third-order valence-electron chi connectivity index (χ3n) is 5.88. The first kappa shape index (κ1) is 16.5. The van der Waals surface area contributed by atoms with E-state index < -0.39 is 6.04 Å². The van der Waals surface area contributed by atoms with Crippen LogP contribution in [0.5, 0.6) is 5.75 Å². The molecule has 6 heteroatoms. The van der Waals surface area contributed by atoms with Crippen LogP contribution in [0.25, 0.3) is 0 Å². The average Bonchev–Trinajstić information content (AvgIpc) is 3.35. The van der Waals surface area contributed by atoms with E-state index >= 15 is 0 Å². The molecule has 5 rings (SSSR count). The molecule has 0 aromatic heterocycles. The van der Waals surface area contributed by atoms with E-state index in [0.29, 0.717) is 11.4 Å². The lowest BCUT2D eigenvalue weighted by Crippen LogP contribution is -2.44.